The van der Waals surface area contributed by atoms with Gasteiger partial charge in [-0.05, 0) is 74.9 Å². The Kier molecular flexibility index (Phi) is 5.84. The van der Waals surface area contributed by atoms with Crippen LogP contribution in [0.5, 0.6) is 17.2 Å². The summed E-state index contributed by atoms with van der Waals surface area (Å²) < 4.78 is 23.0. The van der Waals surface area contributed by atoms with Gasteiger partial charge in [0.25, 0.3) is 0 Å². The predicted octanol–water partition coefficient (Wildman–Crippen LogP) is 5.59. The number of carbonyl (C=O) groups is 1. The van der Waals surface area contributed by atoms with Crippen LogP contribution in [0.4, 0.5) is 0 Å². The van der Waals surface area contributed by atoms with Crippen LogP contribution in [-0.2, 0) is 22.4 Å². The molecule has 1 saturated carbocycles. The highest BCUT2D eigenvalue weighted by Crippen LogP contribution is 2.33. The van der Waals surface area contributed by atoms with E-state index >= 15 is 0 Å². The molecule has 0 N–H and O–H groups in total. The van der Waals surface area contributed by atoms with E-state index in [0.717, 1.165) is 53.7 Å². The summed E-state index contributed by atoms with van der Waals surface area (Å²) in [4.78, 5) is 16.7. The van der Waals surface area contributed by atoms with Crippen molar-refractivity contribution in [2.75, 3.05) is 13.2 Å². The van der Waals surface area contributed by atoms with Gasteiger partial charge in [0.05, 0.1) is 24.8 Å². The average molecular weight is 434 g/mol. The molecule has 166 valence electrons. The third kappa shape index (κ3) is 4.79. The molecule has 1 fully saturated rings. The first-order valence-electron chi connectivity index (χ1n) is 11.3. The molecule has 2 aromatic carbocycles. The van der Waals surface area contributed by atoms with Crippen LogP contribution < -0.4 is 9.47 Å². The summed E-state index contributed by atoms with van der Waals surface area (Å²) in [5.74, 6) is 4.06. The maximum absolute atomic E-state index is 12.1. The molecule has 6 heteroatoms. The Morgan fingerprint density at radius 2 is 1.88 bits per heavy atom. The number of benzene rings is 2. The Labute approximate surface area is 187 Å². The lowest BCUT2D eigenvalue weighted by Crippen LogP contribution is -2.24. The van der Waals surface area contributed by atoms with Crippen molar-refractivity contribution in [2.45, 2.75) is 39.0 Å². The SMILES string of the molecule is CCOC(=O)C1CCc2nc(-c3ccc(Oc4cccc(OCC5CC5)c4)cc3)oc2C1. The molecule has 1 heterocycles. The quantitative estimate of drug-likeness (QED) is 0.431. The number of rotatable bonds is 8. The van der Waals surface area contributed by atoms with Crippen LogP contribution in [-0.4, -0.2) is 24.2 Å². The molecule has 0 bridgehead atoms. The van der Waals surface area contributed by atoms with Crippen LogP contribution in [0, 0.1) is 11.8 Å². The topological polar surface area (TPSA) is 70.8 Å². The molecule has 1 atom stereocenters. The molecule has 6 nitrogen and oxygen atoms in total. The Hall–Kier alpha value is -3.28. The summed E-state index contributed by atoms with van der Waals surface area (Å²) in [6.07, 6.45) is 4.54. The van der Waals surface area contributed by atoms with Crippen LogP contribution in [0.2, 0.25) is 0 Å². The lowest BCUT2D eigenvalue weighted by molar-refractivity contribution is -0.148. The van der Waals surface area contributed by atoms with E-state index in [9.17, 15) is 4.79 Å². The largest absolute Gasteiger partial charge is 0.493 e. The second kappa shape index (κ2) is 9.07. The van der Waals surface area contributed by atoms with Gasteiger partial charge < -0.3 is 18.6 Å². The molecule has 1 unspecified atom stereocenters. The van der Waals surface area contributed by atoms with E-state index in [1.165, 1.54) is 12.8 Å². The minimum atomic E-state index is -0.153. The van der Waals surface area contributed by atoms with Crippen molar-refractivity contribution in [3.05, 3.63) is 60.0 Å². The van der Waals surface area contributed by atoms with Gasteiger partial charge in [-0.25, -0.2) is 4.98 Å². The number of hydrogen-bond donors (Lipinski definition) is 0. The van der Waals surface area contributed by atoms with Crippen molar-refractivity contribution in [3.8, 4) is 28.7 Å². The Morgan fingerprint density at radius 1 is 1.06 bits per heavy atom. The number of aryl methyl sites for hydroxylation is 1. The zero-order valence-corrected chi connectivity index (χ0v) is 18.2. The minimum absolute atomic E-state index is 0.150. The molecule has 1 aromatic heterocycles. The van der Waals surface area contributed by atoms with E-state index in [2.05, 4.69) is 4.98 Å². The smallest absolute Gasteiger partial charge is 0.309 e. The van der Waals surface area contributed by atoms with E-state index in [1.807, 2.05) is 55.5 Å². The van der Waals surface area contributed by atoms with Crippen molar-refractivity contribution in [1.29, 1.82) is 0 Å². The van der Waals surface area contributed by atoms with Crippen LogP contribution >= 0.6 is 0 Å². The molecule has 0 aliphatic heterocycles. The first-order chi connectivity index (χ1) is 15.7. The fourth-order valence-corrected chi connectivity index (χ4v) is 3.89. The first kappa shape index (κ1) is 20.6. The van der Waals surface area contributed by atoms with Crippen molar-refractivity contribution < 1.29 is 23.4 Å². The van der Waals surface area contributed by atoms with Gasteiger partial charge in [-0.1, -0.05) is 6.07 Å². The second-order valence-electron chi connectivity index (χ2n) is 8.44. The van der Waals surface area contributed by atoms with Crippen LogP contribution in [0.25, 0.3) is 11.5 Å². The number of carbonyl (C=O) groups excluding carboxylic acids is 1. The second-order valence-corrected chi connectivity index (χ2v) is 8.44. The highest BCUT2D eigenvalue weighted by Gasteiger charge is 2.30. The zero-order chi connectivity index (χ0) is 21.9. The number of nitrogens with zero attached hydrogens (tertiary/aromatic N) is 1. The fourth-order valence-electron chi connectivity index (χ4n) is 3.89. The van der Waals surface area contributed by atoms with E-state index in [0.29, 0.717) is 24.8 Å². The number of ether oxygens (including phenoxy) is 3. The summed E-state index contributed by atoms with van der Waals surface area (Å²) in [7, 11) is 0. The average Bonchev–Trinajstić information content (AvgIpc) is 3.55. The monoisotopic (exact) mass is 433 g/mol. The molecule has 0 radical (unpaired) electrons. The van der Waals surface area contributed by atoms with Gasteiger partial charge in [-0.3, -0.25) is 4.79 Å². The van der Waals surface area contributed by atoms with Crippen LogP contribution in [0.15, 0.2) is 52.9 Å². The van der Waals surface area contributed by atoms with E-state index in [-0.39, 0.29) is 11.9 Å². The highest BCUT2D eigenvalue weighted by molar-refractivity contribution is 5.73. The Bertz CT molecular complexity index is 1080. The summed E-state index contributed by atoms with van der Waals surface area (Å²) in [6, 6.07) is 15.4. The molecule has 3 aromatic rings. The third-order valence-corrected chi connectivity index (χ3v) is 5.88. The molecule has 0 amide bonds. The van der Waals surface area contributed by atoms with Gasteiger partial charge in [0.15, 0.2) is 0 Å². The first-order valence-corrected chi connectivity index (χ1v) is 11.3. The van der Waals surface area contributed by atoms with Gasteiger partial charge in [0.1, 0.15) is 23.0 Å². The number of aromatic nitrogens is 1. The minimum Gasteiger partial charge on any atom is -0.493 e. The Morgan fingerprint density at radius 3 is 2.66 bits per heavy atom. The van der Waals surface area contributed by atoms with Gasteiger partial charge in [0.2, 0.25) is 5.89 Å². The van der Waals surface area contributed by atoms with Crippen molar-refractivity contribution in [3.63, 3.8) is 0 Å². The van der Waals surface area contributed by atoms with Crippen molar-refractivity contribution in [1.82, 2.24) is 4.98 Å². The highest BCUT2D eigenvalue weighted by atomic mass is 16.5. The van der Waals surface area contributed by atoms with Crippen molar-refractivity contribution in [2.24, 2.45) is 11.8 Å². The third-order valence-electron chi connectivity index (χ3n) is 5.88. The lowest BCUT2D eigenvalue weighted by Gasteiger charge is -2.18. The molecular weight excluding hydrogens is 406 g/mol. The van der Waals surface area contributed by atoms with Gasteiger partial charge in [0, 0.05) is 18.1 Å². The summed E-state index contributed by atoms with van der Waals surface area (Å²) in [5, 5.41) is 0. The van der Waals surface area contributed by atoms with E-state index < -0.39 is 0 Å². The zero-order valence-electron chi connectivity index (χ0n) is 18.2. The van der Waals surface area contributed by atoms with Gasteiger partial charge in [-0.2, -0.15) is 0 Å². The number of oxazole rings is 1. The van der Waals surface area contributed by atoms with Gasteiger partial charge in [-0.15, -0.1) is 0 Å². The number of fused-ring (bicyclic) bond motifs is 1. The van der Waals surface area contributed by atoms with E-state index in [1.54, 1.807) is 0 Å². The summed E-state index contributed by atoms with van der Waals surface area (Å²) in [5.41, 5.74) is 1.81. The maximum atomic E-state index is 12.1. The molecule has 32 heavy (non-hydrogen) atoms. The summed E-state index contributed by atoms with van der Waals surface area (Å²) in [6.45, 7) is 3.00. The molecule has 2 aliphatic carbocycles. The van der Waals surface area contributed by atoms with Crippen LogP contribution in [0.3, 0.4) is 0 Å². The number of esters is 1. The van der Waals surface area contributed by atoms with Gasteiger partial charge >= 0.3 is 5.97 Å². The fraction of sp³-hybridized carbons (Fsp3) is 0.385. The predicted molar refractivity (Wildman–Crippen MR) is 119 cm³/mol. The standard InChI is InChI=1S/C26H27NO5/c1-2-29-26(28)19-10-13-23-24(14-19)32-25(27-23)18-8-11-20(12-9-18)31-22-5-3-4-21(15-22)30-16-17-6-7-17/h3-5,8-9,11-12,15,17,19H,2,6-7,10,13-14,16H2,1H3. The molecule has 0 spiro atoms. The van der Waals surface area contributed by atoms with Crippen LogP contribution in [0.1, 0.15) is 37.6 Å². The maximum Gasteiger partial charge on any atom is 0.309 e. The normalized spacial score (nSPS) is 17.5. The molecule has 5 rings (SSSR count). The Balaban J connectivity index is 1.24. The lowest BCUT2D eigenvalue weighted by atomic mass is 9.90. The van der Waals surface area contributed by atoms with Crippen molar-refractivity contribution >= 4 is 5.97 Å². The molecular formula is C26H27NO5. The summed E-state index contributed by atoms with van der Waals surface area (Å²) >= 11 is 0. The number of hydrogen-bond acceptors (Lipinski definition) is 6. The van der Waals surface area contributed by atoms with E-state index in [4.69, 9.17) is 18.6 Å². The molecule has 0 saturated heterocycles. The molecule has 2 aliphatic rings.